The Morgan fingerprint density at radius 1 is 1.44 bits per heavy atom. The lowest BCUT2D eigenvalue weighted by atomic mass is 10.1. The molecule has 0 radical (unpaired) electrons. The third kappa shape index (κ3) is 8.63. The van der Waals surface area contributed by atoms with Crippen LogP contribution in [-0.4, -0.2) is 44.0 Å². The van der Waals surface area contributed by atoms with E-state index in [4.69, 9.17) is 0 Å². The van der Waals surface area contributed by atoms with Crippen LogP contribution in [-0.2, 0) is 19.6 Å². The highest BCUT2D eigenvalue weighted by molar-refractivity contribution is 7.89. The zero-order chi connectivity index (χ0) is 12.8. The van der Waals surface area contributed by atoms with Gasteiger partial charge in [-0.1, -0.05) is 0 Å². The number of aliphatic hydroxyl groups is 1. The second kappa shape index (κ2) is 6.17. The second-order valence-electron chi connectivity index (χ2n) is 4.01. The number of hydrogen-bond acceptors (Lipinski definition) is 5. The Bertz CT molecular complexity index is 317. The number of ether oxygens (including phenoxy) is 1. The maximum absolute atomic E-state index is 11.4. The lowest BCUT2D eigenvalue weighted by Crippen LogP contribution is -2.39. The van der Waals surface area contributed by atoms with Gasteiger partial charge in [-0.25, -0.2) is 13.1 Å². The van der Waals surface area contributed by atoms with E-state index in [1.54, 1.807) is 6.92 Å². The molecule has 0 bridgehead atoms. The van der Waals surface area contributed by atoms with Crippen molar-refractivity contribution in [2.45, 2.75) is 32.8 Å². The molecule has 6 nitrogen and oxygen atoms in total. The van der Waals surface area contributed by atoms with Crippen LogP contribution in [0.5, 0.6) is 0 Å². The Morgan fingerprint density at radius 3 is 2.44 bits per heavy atom. The van der Waals surface area contributed by atoms with Crippen molar-refractivity contribution >= 4 is 16.0 Å². The van der Waals surface area contributed by atoms with Gasteiger partial charge in [0, 0.05) is 6.54 Å². The van der Waals surface area contributed by atoms with Gasteiger partial charge in [0.25, 0.3) is 0 Å². The Kier molecular flexibility index (Phi) is 5.91. The number of rotatable bonds is 7. The molecule has 0 aliphatic carbocycles. The van der Waals surface area contributed by atoms with Crippen LogP contribution in [0.15, 0.2) is 0 Å². The first kappa shape index (κ1) is 15.3. The van der Waals surface area contributed by atoms with E-state index in [-0.39, 0.29) is 25.3 Å². The minimum absolute atomic E-state index is 0.0852. The molecule has 2 N–H and O–H groups in total. The van der Waals surface area contributed by atoms with Gasteiger partial charge in [0.2, 0.25) is 10.0 Å². The molecule has 0 saturated carbocycles. The van der Waals surface area contributed by atoms with E-state index in [9.17, 15) is 18.3 Å². The zero-order valence-electron chi connectivity index (χ0n) is 9.82. The maximum atomic E-state index is 11.4. The number of nitrogens with one attached hydrogen (secondary N) is 1. The standard InChI is InChI=1S/C9H19NO5S/c1-4-15-8(11)5-6-16(13,14)10-7-9(2,3)12/h10,12H,4-7H2,1-3H3. The van der Waals surface area contributed by atoms with E-state index in [2.05, 4.69) is 9.46 Å². The molecule has 96 valence electrons. The van der Waals surface area contributed by atoms with Gasteiger partial charge in [-0.15, -0.1) is 0 Å². The van der Waals surface area contributed by atoms with Crippen LogP contribution in [0.3, 0.4) is 0 Å². The van der Waals surface area contributed by atoms with Gasteiger partial charge in [-0.05, 0) is 20.8 Å². The summed E-state index contributed by atoms with van der Waals surface area (Å²) in [7, 11) is -3.54. The van der Waals surface area contributed by atoms with Gasteiger partial charge in [0.1, 0.15) is 0 Å². The van der Waals surface area contributed by atoms with Crippen molar-refractivity contribution in [3.63, 3.8) is 0 Å². The molecule has 0 atom stereocenters. The number of carbonyl (C=O) groups excluding carboxylic acids is 1. The highest BCUT2D eigenvalue weighted by Gasteiger charge is 2.18. The minimum atomic E-state index is -3.54. The van der Waals surface area contributed by atoms with Crippen LogP contribution in [0.4, 0.5) is 0 Å². The van der Waals surface area contributed by atoms with Gasteiger partial charge >= 0.3 is 5.97 Å². The van der Waals surface area contributed by atoms with Crippen LogP contribution < -0.4 is 4.72 Å². The van der Waals surface area contributed by atoms with Gasteiger partial charge < -0.3 is 9.84 Å². The van der Waals surface area contributed by atoms with Crippen LogP contribution in [0.1, 0.15) is 27.2 Å². The first-order valence-electron chi connectivity index (χ1n) is 5.01. The Hall–Kier alpha value is -0.660. The summed E-state index contributed by atoms with van der Waals surface area (Å²) < 4.78 is 29.5. The SMILES string of the molecule is CCOC(=O)CCS(=O)(=O)NCC(C)(C)O. The smallest absolute Gasteiger partial charge is 0.306 e. The van der Waals surface area contributed by atoms with E-state index < -0.39 is 21.6 Å². The Morgan fingerprint density at radius 2 is 2.00 bits per heavy atom. The molecule has 16 heavy (non-hydrogen) atoms. The molecule has 0 aromatic carbocycles. The van der Waals surface area contributed by atoms with Crippen LogP contribution in [0, 0.1) is 0 Å². The molecular weight excluding hydrogens is 234 g/mol. The summed E-state index contributed by atoms with van der Waals surface area (Å²) in [6.45, 7) is 4.77. The predicted molar refractivity (Wildman–Crippen MR) is 59.3 cm³/mol. The van der Waals surface area contributed by atoms with Gasteiger partial charge in [0.15, 0.2) is 0 Å². The molecular formula is C9H19NO5S. The van der Waals surface area contributed by atoms with Crippen molar-refractivity contribution in [1.82, 2.24) is 4.72 Å². The van der Waals surface area contributed by atoms with E-state index in [1.807, 2.05) is 0 Å². The fourth-order valence-electron chi connectivity index (χ4n) is 0.810. The summed E-state index contributed by atoms with van der Waals surface area (Å²) >= 11 is 0. The van der Waals surface area contributed by atoms with Crippen molar-refractivity contribution in [2.75, 3.05) is 18.9 Å². The van der Waals surface area contributed by atoms with Crippen molar-refractivity contribution in [2.24, 2.45) is 0 Å². The van der Waals surface area contributed by atoms with Crippen LogP contribution >= 0.6 is 0 Å². The van der Waals surface area contributed by atoms with E-state index in [0.29, 0.717) is 0 Å². The summed E-state index contributed by atoms with van der Waals surface area (Å²) in [4.78, 5) is 10.9. The number of sulfonamides is 1. The topological polar surface area (TPSA) is 92.7 Å². The maximum Gasteiger partial charge on any atom is 0.306 e. The highest BCUT2D eigenvalue weighted by Crippen LogP contribution is 2.00. The van der Waals surface area contributed by atoms with Crippen molar-refractivity contribution in [3.8, 4) is 0 Å². The average molecular weight is 253 g/mol. The number of carbonyl (C=O) groups is 1. The first-order chi connectivity index (χ1) is 7.16. The summed E-state index contributed by atoms with van der Waals surface area (Å²) in [5.74, 6) is -0.877. The fraction of sp³-hybridized carbons (Fsp3) is 0.889. The summed E-state index contributed by atoms with van der Waals surface area (Å²) in [5.41, 5.74) is -1.11. The van der Waals surface area contributed by atoms with Gasteiger partial charge in [-0.2, -0.15) is 0 Å². The quantitative estimate of drug-likeness (QED) is 0.604. The van der Waals surface area contributed by atoms with Gasteiger partial charge in [-0.3, -0.25) is 4.79 Å². The number of hydrogen-bond donors (Lipinski definition) is 2. The van der Waals surface area contributed by atoms with Crippen LogP contribution in [0.2, 0.25) is 0 Å². The lowest BCUT2D eigenvalue weighted by molar-refractivity contribution is -0.142. The zero-order valence-corrected chi connectivity index (χ0v) is 10.6. The summed E-state index contributed by atoms with van der Waals surface area (Å²) in [5, 5.41) is 9.32. The molecule has 0 aliphatic heterocycles. The van der Waals surface area contributed by atoms with Crippen molar-refractivity contribution in [1.29, 1.82) is 0 Å². The lowest BCUT2D eigenvalue weighted by Gasteiger charge is -2.17. The second-order valence-corrected chi connectivity index (χ2v) is 5.93. The number of esters is 1. The highest BCUT2D eigenvalue weighted by atomic mass is 32.2. The first-order valence-corrected chi connectivity index (χ1v) is 6.67. The molecule has 0 heterocycles. The molecule has 0 rings (SSSR count). The summed E-state index contributed by atoms with van der Waals surface area (Å²) in [6, 6.07) is 0. The molecule has 0 aliphatic rings. The molecule has 0 amide bonds. The van der Waals surface area contributed by atoms with E-state index in [0.717, 1.165) is 0 Å². The normalized spacial score (nSPS) is 12.5. The fourth-order valence-corrected chi connectivity index (χ4v) is 1.96. The molecule has 0 fully saturated rings. The third-order valence-electron chi connectivity index (χ3n) is 1.60. The molecule has 0 aromatic rings. The van der Waals surface area contributed by atoms with Crippen molar-refractivity contribution in [3.05, 3.63) is 0 Å². The average Bonchev–Trinajstić information content (AvgIpc) is 2.12. The summed E-state index contributed by atoms with van der Waals surface area (Å²) in [6.07, 6.45) is -0.185. The van der Waals surface area contributed by atoms with E-state index >= 15 is 0 Å². The Labute approximate surface area is 96.0 Å². The van der Waals surface area contributed by atoms with Crippen LogP contribution in [0.25, 0.3) is 0 Å². The molecule has 7 heteroatoms. The predicted octanol–water partition coefficient (Wildman–Crippen LogP) is -0.370. The molecule has 0 aromatic heterocycles. The monoisotopic (exact) mass is 253 g/mol. The van der Waals surface area contributed by atoms with E-state index in [1.165, 1.54) is 13.8 Å². The largest absolute Gasteiger partial charge is 0.466 e. The van der Waals surface area contributed by atoms with Gasteiger partial charge in [0.05, 0.1) is 24.4 Å². The molecule has 0 spiro atoms. The third-order valence-corrected chi connectivity index (χ3v) is 2.93. The Balaban J connectivity index is 4.02. The van der Waals surface area contributed by atoms with Crippen molar-refractivity contribution < 1.29 is 23.1 Å². The molecule has 0 saturated heterocycles. The minimum Gasteiger partial charge on any atom is -0.466 e. The molecule has 0 unspecified atom stereocenters.